The third kappa shape index (κ3) is 4.12. The zero-order valence-corrected chi connectivity index (χ0v) is 14.3. The molecular formula is C18H19BrN2O2. The van der Waals surface area contributed by atoms with Crippen LogP contribution in [-0.2, 0) is 4.79 Å². The van der Waals surface area contributed by atoms with Crippen molar-refractivity contribution in [3.8, 4) is 5.75 Å². The number of benzene rings is 2. The lowest BCUT2D eigenvalue weighted by atomic mass is 10.0. The van der Waals surface area contributed by atoms with Crippen LogP contribution in [0.4, 0.5) is 0 Å². The fourth-order valence-electron chi connectivity index (χ4n) is 2.40. The number of amides is 1. The summed E-state index contributed by atoms with van der Waals surface area (Å²) in [6.45, 7) is 2.59. The third-order valence-electron chi connectivity index (χ3n) is 3.85. The van der Waals surface area contributed by atoms with E-state index in [0.717, 1.165) is 23.1 Å². The highest BCUT2D eigenvalue weighted by Crippen LogP contribution is 2.29. The van der Waals surface area contributed by atoms with E-state index in [1.165, 1.54) is 0 Å². The Hall–Kier alpha value is -1.85. The standard InChI is InChI=1S/C18H19BrN2O2/c19-15-8-4-5-9-16(15)23-17(14-6-2-1-3-7-14)18(22)21-12-13-10-20-11-13/h1-9,13,17,20H,10-12H2,(H,21,22). The van der Waals surface area contributed by atoms with E-state index in [1.54, 1.807) is 0 Å². The van der Waals surface area contributed by atoms with Crippen LogP contribution in [0.15, 0.2) is 59.1 Å². The van der Waals surface area contributed by atoms with Crippen molar-refractivity contribution in [3.05, 3.63) is 64.6 Å². The van der Waals surface area contributed by atoms with Gasteiger partial charge in [0.2, 0.25) is 6.10 Å². The van der Waals surface area contributed by atoms with Crippen LogP contribution in [0.3, 0.4) is 0 Å². The molecule has 1 atom stereocenters. The second-order valence-electron chi connectivity index (χ2n) is 5.61. The van der Waals surface area contributed by atoms with Gasteiger partial charge in [0.25, 0.3) is 5.91 Å². The summed E-state index contributed by atoms with van der Waals surface area (Å²) in [7, 11) is 0. The summed E-state index contributed by atoms with van der Waals surface area (Å²) in [5, 5.41) is 6.21. The molecule has 3 rings (SSSR count). The van der Waals surface area contributed by atoms with E-state index in [1.807, 2.05) is 54.6 Å². The maximum Gasteiger partial charge on any atom is 0.265 e. The molecule has 4 nitrogen and oxygen atoms in total. The monoisotopic (exact) mass is 374 g/mol. The summed E-state index contributed by atoms with van der Waals surface area (Å²) in [5.41, 5.74) is 0.840. The van der Waals surface area contributed by atoms with Crippen LogP contribution < -0.4 is 15.4 Å². The maximum atomic E-state index is 12.6. The van der Waals surface area contributed by atoms with E-state index in [2.05, 4.69) is 26.6 Å². The molecular weight excluding hydrogens is 356 g/mol. The fraction of sp³-hybridized carbons (Fsp3) is 0.278. The number of carbonyl (C=O) groups excluding carboxylic acids is 1. The topological polar surface area (TPSA) is 50.4 Å². The quantitative estimate of drug-likeness (QED) is 0.817. The molecule has 1 aliphatic heterocycles. The minimum atomic E-state index is -0.664. The molecule has 2 N–H and O–H groups in total. The van der Waals surface area contributed by atoms with E-state index in [0.29, 0.717) is 18.2 Å². The molecule has 1 heterocycles. The van der Waals surface area contributed by atoms with Crippen molar-refractivity contribution in [2.24, 2.45) is 5.92 Å². The Morgan fingerprint density at radius 2 is 1.87 bits per heavy atom. The molecule has 0 aliphatic carbocycles. The molecule has 5 heteroatoms. The molecule has 0 radical (unpaired) electrons. The Balaban J connectivity index is 1.76. The smallest absolute Gasteiger partial charge is 0.265 e. The Kier molecular flexibility index (Phi) is 5.31. The van der Waals surface area contributed by atoms with Crippen molar-refractivity contribution >= 4 is 21.8 Å². The van der Waals surface area contributed by atoms with Gasteiger partial charge in [-0.3, -0.25) is 4.79 Å². The lowest BCUT2D eigenvalue weighted by Gasteiger charge is -2.28. The second kappa shape index (κ2) is 7.62. The largest absolute Gasteiger partial charge is 0.475 e. The first-order valence-corrected chi connectivity index (χ1v) is 8.48. The molecule has 1 saturated heterocycles. The molecule has 0 aromatic heterocycles. The lowest BCUT2D eigenvalue weighted by molar-refractivity contribution is -0.128. The van der Waals surface area contributed by atoms with Crippen LogP contribution in [0.2, 0.25) is 0 Å². The second-order valence-corrected chi connectivity index (χ2v) is 6.46. The molecule has 120 valence electrons. The summed E-state index contributed by atoms with van der Waals surface area (Å²) in [6.07, 6.45) is -0.664. The summed E-state index contributed by atoms with van der Waals surface area (Å²) in [4.78, 5) is 12.6. The SMILES string of the molecule is O=C(NCC1CNC1)C(Oc1ccccc1Br)c1ccccc1. The molecule has 0 bridgehead atoms. The fourth-order valence-corrected chi connectivity index (χ4v) is 2.78. The van der Waals surface area contributed by atoms with Gasteiger partial charge in [-0.25, -0.2) is 0 Å². The van der Waals surface area contributed by atoms with Crippen molar-refractivity contribution < 1.29 is 9.53 Å². The number of para-hydroxylation sites is 1. The van der Waals surface area contributed by atoms with Gasteiger partial charge in [-0.05, 0) is 28.1 Å². The highest BCUT2D eigenvalue weighted by molar-refractivity contribution is 9.10. The number of halogens is 1. The molecule has 1 fully saturated rings. The minimum absolute atomic E-state index is 0.112. The summed E-state index contributed by atoms with van der Waals surface area (Å²) in [5.74, 6) is 1.06. The maximum absolute atomic E-state index is 12.6. The van der Waals surface area contributed by atoms with E-state index >= 15 is 0 Å². The molecule has 2 aromatic carbocycles. The highest BCUT2D eigenvalue weighted by Gasteiger charge is 2.25. The van der Waals surface area contributed by atoms with Gasteiger partial charge >= 0.3 is 0 Å². The van der Waals surface area contributed by atoms with Gasteiger partial charge in [0.15, 0.2) is 0 Å². The molecule has 23 heavy (non-hydrogen) atoms. The van der Waals surface area contributed by atoms with Crippen LogP contribution in [0.25, 0.3) is 0 Å². The predicted molar refractivity (Wildman–Crippen MR) is 93.3 cm³/mol. The minimum Gasteiger partial charge on any atom is -0.475 e. The summed E-state index contributed by atoms with van der Waals surface area (Å²) in [6, 6.07) is 17.1. The Morgan fingerprint density at radius 3 is 2.52 bits per heavy atom. The molecule has 0 saturated carbocycles. The van der Waals surface area contributed by atoms with Gasteiger partial charge in [-0.2, -0.15) is 0 Å². The van der Waals surface area contributed by atoms with Crippen LogP contribution in [0, 0.1) is 5.92 Å². The number of hydrogen-bond acceptors (Lipinski definition) is 3. The number of carbonyl (C=O) groups is 1. The molecule has 1 aliphatic rings. The van der Waals surface area contributed by atoms with E-state index < -0.39 is 6.10 Å². The lowest BCUT2D eigenvalue weighted by Crippen LogP contribution is -2.49. The first kappa shape index (κ1) is 16.0. The Bertz CT molecular complexity index is 659. The summed E-state index contributed by atoms with van der Waals surface area (Å²) < 4.78 is 6.83. The van der Waals surface area contributed by atoms with Gasteiger partial charge in [-0.1, -0.05) is 42.5 Å². The molecule has 1 unspecified atom stereocenters. The van der Waals surface area contributed by atoms with Crippen LogP contribution >= 0.6 is 15.9 Å². The van der Waals surface area contributed by atoms with Crippen molar-refractivity contribution in [2.45, 2.75) is 6.10 Å². The van der Waals surface area contributed by atoms with Crippen LogP contribution in [0.1, 0.15) is 11.7 Å². The van der Waals surface area contributed by atoms with Gasteiger partial charge in [0.1, 0.15) is 5.75 Å². The Morgan fingerprint density at radius 1 is 1.17 bits per heavy atom. The molecule has 1 amide bonds. The van der Waals surface area contributed by atoms with E-state index in [9.17, 15) is 4.79 Å². The molecule has 2 aromatic rings. The number of hydrogen-bond donors (Lipinski definition) is 2. The normalized spacial score (nSPS) is 15.5. The van der Waals surface area contributed by atoms with Gasteiger partial charge < -0.3 is 15.4 Å². The first-order valence-electron chi connectivity index (χ1n) is 7.68. The average molecular weight is 375 g/mol. The van der Waals surface area contributed by atoms with Crippen LogP contribution in [0.5, 0.6) is 5.75 Å². The van der Waals surface area contributed by atoms with E-state index in [4.69, 9.17) is 4.74 Å². The third-order valence-corrected chi connectivity index (χ3v) is 4.51. The van der Waals surface area contributed by atoms with Gasteiger partial charge in [-0.15, -0.1) is 0 Å². The molecule has 0 spiro atoms. The van der Waals surface area contributed by atoms with Crippen molar-refractivity contribution in [2.75, 3.05) is 19.6 Å². The van der Waals surface area contributed by atoms with Gasteiger partial charge in [0.05, 0.1) is 4.47 Å². The number of nitrogens with one attached hydrogen (secondary N) is 2. The number of ether oxygens (including phenoxy) is 1. The zero-order chi connectivity index (χ0) is 16.1. The van der Waals surface area contributed by atoms with Crippen molar-refractivity contribution in [3.63, 3.8) is 0 Å². The van der Waals surface area contributed by atoms with Crippen molar-refractivity contribution in [1.29, 1.82) is 0 Å². The highest BCUT2D eigenvalue weighted by atomic mass is 79.9. The average Bonchev–Trinajstić information content (AvgIpc) is 2.53. The zero-order valence-electron chi connectivity index (χ0n) is 12.7. The van der Waals surface area contributed by atoms with E-state index in [-0.39, 0.29) is 5.91 Å². The Labute approximate surface area is 144 Å². The summed E-state index contributed by atoms with van der Waals surface area (Å²) >= 11 is 3.46. The first-order chi connectivity index (χ1) is 11.2. The van der Waals surface area contributed by atoms with Crippen LogP contribution in [-0.4, -0.2) is 25.5 Å². The number of rotatable bonds is 6. The van der Waals surface area contributed by atoms with Gasteiger partial charge in [0, 0.05) is 31.1 Å². The van der Waals surface area contributed by atoms with Crippen molar-refractivity contribution in [1.82, 2.24) is 10.6 Å². The predicted octanol–water partition coefficient (Wildman–Crippen LogP) is 2.90.